The lowest BCUT2D eigenvalue weighted by molar-refractivity contribution is -0.385. The van der Waals surface area contributed by atoms with Crippen molar-refractivity contribution >= 4 is 11.4 Å². The Hall–Kier alpha value is -2.00. The van der Waals surface area contributed by atoms with Crippen LogP contribution in [-0.2, 0) is 6.18 Å². The molecule has 1 heterocycles. The topological polar surface area (TPSA) is 82.0 Å². The van der Waals surface area contributed by atoms with Crippen molar-refractivity contribution < 1.29 is 26.9 Å². The van der Waals surface area contributed by atoms with Gasteiger partial charge in [-0.1, -0.05) is 0 Å². The third kappa shape index (κ3) is 2.40. The first-order valence-corrected chi connectivity index (χ1v) is 3.94. The van der Waals surface area contributed by atoms with E-state index in [1.807, 2.05) is 0 Å². The van der Waals surface area contributed by atoms with E-state index in [9.17, 15) is 32.1 Å². The maximum absolute atomic E-state index is 12.3. The second-order valence-electron chi connectivity index (χ2n) is 2.88. The lowest BCUT2D eigenvalue weighted by Crippen LogP contribution is -2.14. The molecule has 0 atom stereocenters. The monoisotopic (exact) mass is 257 g/mol. The van der Waals surface area contributed by atoms with Gasteiger partial charge in [0.05, 0.1) is 4.92 Å². The average Bonchev–Trinajstić information content (AvgIpc) is 2.13. The van der Waals surface area contributed by atoms with Gasteiger partial charge in [-0.3, -0.25) is 10.1 Å². The van der Waals surface area contributed by atoms with E-state index in [2.05, 4.69) is 4.98 Å². The van der Waals surface area contributed by atoms with Crippen molar-refractivity contribution in [1.82, 2.24) is 4.98 Å². The van der Waals surface area contributed by atoms with Gasteiger partial charge in [-0.2, -0.15) is 13.2 Å². The minimum Gasteiger partial charge on any atom is -0.391 e. The average molecular weight is 257 g/mol. The van der Waals surface area contributed by atoms with Crippen molar-refractivity contribution in [3.63, 3.8) is 0 Å². The van der Waals surface area contributed by atoms with Gasteiger partial charge in [0.2, 0.25) is 0 Å². The summed E-state index contributed by atoms with van der Waals surface area (Å²) >= 11 is 0. The van der Waals surface area contributed by atoms with E-state index in [0.717, 1.165) is 0 Å². The van der Waals surface area contributed by atoms with Crippen molar-refractivity contribution in [2.75, 3.05) is 5.73 Å². The summed E-state index contributed by atoms with van der Waals surface area (Å²) in [6.07, 6.45) is -8.29. The Kier molecular flexibility index (Phi) is 3.16. The van der Waals surface area contributed by atoms with Gasteiger partial charge in [0, 0.05) is 6.20 Å². The van der Waals surface area contributed by atoms with Crippen LogP contribution in [0.1, 0.15) is 17.7 Å². The molecule has 1 aromatic heterocycles. The standard InChI is InChI=1S/C7H4F5N3O2/c8-6(9)2-1-14-5(7(10,11)12)3(13)4(2)15(16)17/h1,6H,13H2. The number of hydrogen-bond donors (Lipinski definition) is 1. The summed E-state index contributed by atoms with van der Waals surface area (Å²) in [5.41, 5.74) is -1.04. The largest absolute Gasteiger partial charge is 0.435 e. The normalized spacial score (nSPS) is 11.9. The Labute approximate surface area is 90.2 Å². The first-order chi connectivity index (χ1) is 7.66. The van der Waals surface area contributed by atoms with E-state index in [1.54, 1.807) is 0 Å². The molecule has 0 bridgehead atoms. The maximum atomic E-state index is 12.3. The fourth-order valence-corrected chi connectivity index (χ4v) is 1.12. The zero-order valence-corrected chi connectivity index (χ0v) is 7.83. The molecule has 17 heavy (non-hydrogen) atoms. The van der Waals surface area contributed by atoms with Crippen molar-refractivity contribution in [2.45, 2.75) is 12.6 Å². The summed E-state index contributed by atoms with van der Waals surface area (Å²) < 4.78 is 61.4. The summed E-state index contributed by atoms with van der Waals surface area (Å²) in [4.78, 5) is 11.7. The Morgan fingerprint density at radius 1 is 1.41 bits per heavy atom. The van der Waals surface area contributed by atoms with Crippen LogP contribution in [0.15, 0.2) is 6.20 Å². The summed E-state index contributed by atoms with van der Waals surface area (Å²) in [6.45, 7) is 0. The van der Waals surface area contributed by atoms with Crippen molar-refractivity contribution in [2.24, 2.45) is 0 Å². The highest BCUT2D eigenvalue weighted by atomic mass is 19.4. The first kappa shape index (κ1) is 13.1. The number of nitrogen functional groups attached to an aromatic ring is 1. The molecule has 0 saturated carbocycles. The lowest BCUT2D eigenvalue weighted by atomic mass is 10.1. The van der Waals surface area contributed by atoms with E-state index in [0.29, 0.717) is 0 Å². The molecule has 2 N–H and O–H groups in total. The zero-order valence-electron chi connectivity index (χ0n) is 7.83. The van der Waals surface area contributed by atoms with Gasteiger partial charge in [-0.05, 0) is 0 Å². The number of nitrogens with two attached hydrogens (primary N) is 1. The van der Waals surface area contributed by atoms with Crippen LogP contribution in [-0.4, -0.2) is 9.91 Å². The van der Waals surface area contributed by atoms with E-state index in [4.69, 9.17) is 5.73 Å². The van der Waals surface area contributed by atoms with Crippen LogP contribution in [0.3, 0.4) is 0 Å². The highest BCUT2D eigenvalue weighted by Crippen LogP contribution is 2.40. The van der Waals surface area contributed by atoms with E-state index in [-0.39, 0.29) is 6.20 Å². The fourth-order valence-electron chi connectivity index (χ4n) is 1.12. The highest BCUT2D eigenvalue weighted by Gasteiger charge is 2.40. The molecule has 0 spiro atoms. The summed E-state index contributed by atoms with van der Waals surface area (Å²) in [6, 6.07) is 0. The summed E-state index contributed by atoms with van der Waals surface area (Å²) in [5.74, 6) is 0. The molecule has 0 aliphatic rings. The molecule has 1 aromatic rings. The van der Waals surface area contributed by atoms with Gasteiger partial charge in [0.25, 0.3) is 6.43 Å². The zero-order chi connectivity index (χ0) is 13.4. The molecule has 94 valence electrons. The third-order valence-electron chi connectivity index (χ3n) is 1.80. The van der Waals surface area contributed by atoms with E-state index < -0.39 is 40.2 Å². The minimum absolute atomic E-state index is 0.0992. The Morgan fingerprint density at radius 3 is 2.29 bits per heavy atom. The fraction of sp³-hybridized carbons (Fsp3) is 0.286. The molecule has 10 heteroatoms. The van der Waals surface area contributed by atoms with Gasteiger partial charge in [-0.25, -0.2) is 13.8 Å². The number of nitrogens with zero attached hydrogens (tertiary/aromatic N) is 2. The van der Waals surface area contributed by atoms with Crippen LogP contribution in [0.4, 0.5) is 33.3 Å². The quantitative estimate of drug-likeness (QED) is 0.501. The maximum Gasteiger partial charge on any atom is 0.435 e. The van der Waals surface area contributed by atoms with Crippen LogP contribution in [0.2, 0.25) is 0 Å². The summed E-state index contributed by atoms with van der Waals surface area (Å²) in [7, 11) is 0. The number of anilines is 1. The van der Waals surface area contributed by atoms with Crippen molar-refractivity contribution in [3.8, 4) is 0 Å². The molecule has 0 fully saturated rings. The molecular weight excluding hydrogens is 253 g/mol. The van der Waals surface area contributed by atoms with E-state index in [1.165, 1.54) is 0 Å². The predicted octanol–water partition coefficient (Wildman–Crippen LogP) is 2.53. The van der Waals surface area contributed by atoms with Gasteiger partial charge in [0.1, 0.15) is 11.3 Å². The van der Waals surface area contributed by atoms with Crippen molar-refractivity contribution in [1.29, 1.82) is 0 Å². The molecule has 0 aromatic carbocycles. The molecule has 0 radical (unpaired) electrons. The van der Waals surface area contributed by atoms with Gasteiger partial charge in [-0.15, -0.1) is 0 Å². The molecule has 0 unspecified atom stereocenters. The minimum atomic E-state index is -5.05. The Morgan fingerprint density at radius 2 is 1.94 bits per heavy atom. The van der Waals surface area contributed by atoms with E-state index >= 15 is 0 Å². The second-order valence-corrected chi connectivity index (χ2v) is 2.88. The number of pyridine rings is 1. The van der Waals surface area contributed by atoms with Crippen LogP contribution in [0.25, 0.3) is 0 Å². The van der Waals surface area contributed by atoms with Gasteiger partial charge in [0.15, 0.2) is 5.69 Å². The Balaban J connectivity index is 3.56. The van der Waals surface area contributed by atoms with Crippen LogP contribution < -0.4 is 5.73 Å². The highest BCUT2D eigenvalue weighted by molar-refractivity contribution is 5.65. The predicted molar refractivity (Wildman–Crippen MR) is 45.3 cm³/mol. The smallest absolute Gasteiger partial charge is 0.391 e. The number of halogens is 5. The first-order valence-electron chi connectivity index (χ1n) is 3.94. The van der Waals surface area contributed by atoms with Crippen LogP contribution >= 0.6 is 0 Å². The molecule has 0 aliphatic heterocycles. The van der Waals surface area contributed by atoms with Crippen LogP contribution in [0, 0.1) is 10.1 Å². The molecule has 5 nitrogen and oxygen atoms in total. The van der Waals surface area contributed by atoms with Gasteiger partial charge >= 0.3 is 11.9 Å². The third-order valence-corrected chi connectivity index (χ3v) is 1.80. The second kappa shape index (κ2) is 4.11. The number of nitro groups is 1. The molecular formula is C7H4F5N3O2. The number of rotatable bonds is 2. The number of aromatic nitrogens is 1. The molecule has 0 amide bonds. The SMILES string of the molecule is Nc1c(C(F)(F)F)ncc(C(F)F)c1[N+](=O)[O-]. The molecule has 1 rings (SSSR count). The van der Waals surface area contributed by atoms with Crippen LogP contribution in [0.5, 0.6) is 0 Å². The summed E-state index contributed by atoms with van der Waals surface area (Å²) in [5, 5.41) is 10.4. The number of alkyl halides is 5. The molecule has 0 aliphatic carbocycles. The lowest BCUT2D eigenvalue weighted by Gasteiger charge is -2.10. The van der Waals surface area contributed by atoms with Gasteiger partial charge < -0.3 is 5.73 Å². The van der Waals surface area contributed by atoms with Crippen molar-refractivity contribution in [3.05, 3.63) is 27.6 Å². The molecule has 0 saturated heterocycles. The number of hydrogen-bond acceptors (Lipinski definition) is 4. The Bertz CT molecular complexity index is 460.